The Bertz CT molecular complexity index is 1280. The minimum Gasteiger partial charge on any atom is -0.493 e. The highest BCUT2D eigenvalue weighted by Gasteiger charge is 2.35. The van der Waals surface area contributed by atoms with Gasteiger partial charge in [0.25, 0.3) is 0 Å². The van der Waals surface area contributed by atoms with E-state index in [0.717, 1.165) is 57.8 Å². The van der Waals surface area contributed by atoms with Gasteiger partial charge in [-0.2, -0.15) is 0 Å². The number of amides is 1. The van der Waals surface area contributed by atoms with E-state index in [0.29, 0.717) is 29.0 Å². The molecule has 1 heterocycles. The van der Waals surface area contributed by atoms with Gasteiger partial charge in [-0.25, -0.2) is 9.37 Å². The minimum absolute atomic E-state index is 0.0372. The number of ether oxygens (including phenoxy) is 2. The van der Waals surface area contributed by atoms with Gasteiger partial charge in [0, 0.05) is 12.5 Å². The van der Waals surface area contributed by atoms with Crippen molar-refractivity contribution in [1.82, 2.24) is 14.9 Å². The van der Waals surface area contributed by atoms with Crippen LogP contribution in [0, 0.1) is 11.7 Å². The largest absolute Gasteiger partial charge is 0.573 e. The quantitative estimate of drug-likeness (QED) is 0.279. The number of hydrogen-bond acceptors (Lipinski definition) is 4. The van der Waals surface area contributed by atoms with Crippen molar-refractivity contribution in [3.63, 3.8) is 0 Å². The lowest BCUT2D eigenvalue weighted by Gasteiger charge is -2.33. The number of nitrogens with one attached hydrogen (secondary N) is 1. The third-order valence-corrected chi connectivity index (χ3v) is 7.97. The van der Waals surface area contributed by atoms with Crippen LogP contribution >= 0.6 is 0 Å². The molecule has 0 radical (unpaired) electrons. The molecule has 2 aliphatic rings. The number of nitrogens with zero attached hydrogens (tertiary/aromatic N) is 2. The van der Waals surface area contributed by atoms with Gasteiger partial charge in [0.1, 0.15) is 29.2 Å². The fourth-order valence-electron chi connectivity index (χ4n) is 6.13. The molecule has 10 heteroatoms. The number of rotatable bonds is 9. The van der Waals surface area contributed by atoms with Gasteiger partial charge in [0.15, 0.2) is 0 Å². The second-order valence-corrected chi connectivity index (χ2v) is 10.8. The molecule has 1 unspecified atom stereocenters. The Morgan fingerprint density at radius 2 is 1.60 bits per heavy atom. The second kappa shape index (κ2) is 12.5. The van der Waals surface area contributed by atoms with Crippen molar-refractivity contribution in [3.8, 4) is 11.5 Å². The van der Waals surface area contributed by atoms with E-state index in [1.807, 2.05) is 4.57 Å². The van der Waals surface area contributed by atoms with E-state index in [1.165, 1.54) is 42.8 Å². The Hall–Kier alpha value is -3.30. The fraction of sp³-hybridized carbons (Fsp3) is 0.533. The van der Waals surface area contributed by atoms with Crippen LogP contribution in [-0.4, -0.2) is 34.5 Å². The molecule has 2 aliphatic carbocycles. The predicted octanol–water partition coefficient (Wildman–Crippen LogP) is 7.27. The lowest BCUT2D eigenvalue weighted by molar-refractivity contribution is -0.274. The maximum absolute atomic E-state index is 14.5. The third-order valence-electron chi connectivity index (χ3n) is 7.97. The smallest absolute Gasteiger partial charge is 0.493 e. The second-order valence-electron chi connectivity index (χ2n) is 10.8. The Balaban J connectivity index is 1.40. The van der Waals surface area contributed by atoms with Crippen molar-refractivity contribution in [2.45, 2.75) is 89.1 Å². The van der Waals surface area contributed by atoms with Crippen molar-refractivity contribution < 1.29 is 31.8 Å². The number of hydrogen-bond donors (Lipinski definition) is 1. The first-order valence-corrected chi connectivity index (χ1v) is 14.2. The van der Waals surface area contributed by atoms with Crippen molar-refractivity contribution in [2.75, 3.05) is 6.61 Å². The topological polar surface area (TPSA) is 65.4 Å². The number of benzene rings is 2. The van der Waals surface area contributed by atoms with Gasteiger partial charge in [-0.1, -0.05) is 38.5 Å². The standard InChI is InChI=1S/C30H35F4N3O3/c31-21-11-16-25-26(19-21)37(27(36-25)17-18-39-23-12-14-24(15-13-23)40-30(32,33)34)28(20-7-3-1-4-8-20)29(38)35-22-9-5-2-6-10-22/h11-16,19-20,22,28H,1-10,17-18H2,(H,35,38). The highest BCUT2D eigenvalue weighted by atomic mass is 19.4. The summed E-state index contributed by atoms with van der Waals surface area (Å²) >= 11 is 0. The van der Waals surface area contributed by atoms with Gasteiger partial charge in [-0.3, -0.25) is 4.79 Å². The summed E-state index contributed by atoms with van der Waals surface area (Å²) < 4.78 is 63.5. The van der Waals surface area contributed by atoms with Crippen LogP contribution in [0.4, 0.5) is 17.6 Å². The molecular weight excluding hydrogens is 526 g/mol. The average molecular weight is 562 g/mol. The van der Waals surface area contributed by atoms with Crippen LogP contribution in [0.2, 0.25) is 0 Å². The number of imidazole rings is 1. The van der Waals surface area contributed by atoms with Gasteiger partial charge in [-0.15, -0.1) is 13.2 Å². The first-order valence-electron chi connectivity index (χ1n) is 14.2. The summed E-state index contributed by atoms with van der Waals surface area (Å²) in [6.45, 7) is 0.174. The highest BCUT2D eigenvalue weighted by Crippen LogP contribution is 2.37. The molecule has 0 bridgehead atoms. The Labute approximate surface area is 231 Å². The van der Waals surface area contributed by atoms with E-state index in [-0.39, 0.29) is 30.2 Å². The lowest BCUT2D eigenvalue weighted by Crippen LogP contribution is -2.44. The molecule has 40 heavy (non-hydrogen) atoms. The summed E-state index contributed by atoms with van der Waals surface area (Å²) in [7, 11) is 0. The number of halogens is 4. The van der Waals surface area contributed by atoms with Crippen molar-refractivity contribution >= 4 is 16.9 Å². The summed E-state index contributed by atoms with van der Waals surface area (Å²) in [5.41, 5.74) is 1.19. The maximum atomic E-state index is 14.5. The lowest BCUT2D eigenvalue weighted by atomic mass is 9.82. The molecule has 0 aliphatic heterocycles. The highest BCUT2D eigenvalue weighted by molar-refractivity contribution is 5.85. The van der Waals surface area contributed by atoms with Crippen LogP contribution < -0.4 is 14.8 Å². The van der Waals surface area contributed by atoms with Crippen LogP contribution in [0.5, 0.6) is 11.5 Å². The summed E-state index contributed by atoms with van der Waals surface area (Å²) in [4.78, 5) is 18.7. The SMILES string of the molecule is O=C(NC1CCCCC1)C(C1CCCCC1)n1c(CCOc2ccc(OC(F)(F)F)cc2)nc2ccc(F)cc21. The summed E-state index contributed by atoms with van der Waals surface area (Å²) in [6.07, 6.45) is 5.96. The molecule has 3 aromatic rings. The van der Waals surface area contributed by atoms with Crippen LogP contribution in [-0.2, 0) is 11.2 Å². The molecule has 1 amide bonds. The molecule has 1 N–H and O–H groups in total. The molecule has 2 fully saturated rings. The third kappa shape index (κ3) is 7.06. The number of alkyl halides is 3. The van der Waals surface area contributed by atoms with Gasteiger partial charge >= 0.3 is 6.36 Å². The summed E-state index contributed by atoms with van der Waals surface area (Å²) in [6, 6.07) is 9.26. The molecule has 2 aromatic carbocycles. The van der Waals surface area contributed by atoms with E-state index in [9.17, 15) is 22.4 Å². The van der Waals surface area contributed by atoms with Crippen LogP contribution in [0.15, 0.2) is 42.5 Å². The monoisotopic (exact) mass is 561 g/mol. The molecular formula is C30H35F4N3O3. The van der Waals surface area contributed by atoms with Crippen LogP contribution in [0.25, 0.3) is 11.0 Å². The van der Waals surface area contributed by atoms with Gasteiger partial charge in [-0.05, 0) is 74.1 Å². The molecule has 0 saturated heterocycles. The van der Waals surface area contributed by atoms with Gasteiger partial charge in [0.2, 0.25) is 5.91 Å². The van der Waals surface area contributed by atoms with Crippen molar-refractivity contribution in [3.05, 3.63) is 54.1 Å². The summed E-state index contributed by atoms with van der Waals surface area (Å²) in [5, 5.41) is 3.31. The van der Waals surface area contributed by atoms with Gasteiger partial charge in [0.05, 0.1) is 17.6 Å². The average Bonchev–Trinajstić information content (AvgIpc) is 3.27. The van der Waals surface area contributed by atoms with Crippen molar-refractivity contribution in [2.24, 2.45) is 5.92 Å². The normalized spacial score (nSPS) is 18.0. The Morgan fingerprint density at radius 1 is 0.950 bits per heavy atom. The number of aromatic nitrogens is 2. The van der Waals surface area contributed by atoms with E-state index in [4.69, 9.17) is 9.72 Å². The fourth-order valence-corrected chi connectivity index (χ4v) is 6.13. The zero-order valence-corrected chi connectivity index (χ0v) is 22.4. The van der Waals surface area contributed by atoms with E-state index in [1.54, 1.807) is 6.07 Å². The van der Waals surface area contributed by atoms with E-state index in [2.05, 4.69) is 10.1 Å². The molecule has 2 saturated carbocycles. The molecule has 1 aromatic heterocycles. The number of fused-ring (bicyclic) bond motifs is 1. The predicted molar refractivity (Wildman–Crippen MR) is 143 cm³/mol. The van der Waals surface area contributed by atoms with Crippen LogP contribution in [0.3, 0.4) is 0 Å². The Morgan fingerprint density at radius 3 is 2.27 bits per heavy atom. The molecule has 0 spiro atoms. The van der Waals surface area contributed by atoms with Gasteiger partial charge < -0.3 is 19.4 Å². The van der Waals surface area contributed by atoms with Crippen LogP contribution in [0.1, 0.15) is 76.1 Å². The molecule has 216 valence electrons. The van der Waals surface area contributed by atoms with E-state index >= 15 is 0 Å². The summed E-state index contributed by atoms with van der Waals surface area (Å²) in [5.74, 6) is 0.341. The molecule has 6 nitrogen and oxygen atoms in total. The zero-order chi connectivity index (χ0) is 28.1. The van der Waals surface area contributed by atoms with Crippen molar-refractivity contribution in [1.29, 1.82) is 0 Å². The number of carbonyl (C=O) groups excluding carboxylic acids is 1. The first kappa shape index (κ1) is 28.2. The number of carbonyl (C=O) groups is 1. The van der Waals surface area contributed by atoms with E-state index < -0.39 is 18.2 Å². The maximum Gasteiger partial charge on any atom is 0.573 e. The first-order chi connectivity index (χ1) is 19.3. The zero-order valence-electron chi connectivity index (χ0n) is 22.4. The molecule has 1 atom stereocenters. The molecule has 5 rings (SSSR count). The Kier molecular flexibility index (Phi) is 8.81. The minimum atomic E-state index is -4.76.